The Bertz CT molecular complexity index is 879. The van der Waals surface area contributed by atoms with Crippen molar-refractivity contribution in [3.8, 4) is 0 Å². The number of hydrogen-bond acceptors (Lipinski definition) is 4. The highest BCUT2D eigenvalue weighted by atomic mass is 35.5. The summed E-state index contributed by atoms with van der Waals surface area (Å²) in [6, 6.07) is 15.0. The molecule has 0 aliphatic carbocycles. The molecule has 1 amide bonds. The van der Waals surface area contributed by atoms with Crippen LogP contribution in [-0.2, 0) is 14.3 Å². The maximum absolute atomic E-state index is 12.8. The summed E-state index contributed by atoms with van der Waals surface area (Å²) in [4.78, 5) is 26.9. The Balaban J connectivity index is 2.14. The van der Waals surface area contributed by atoms with Crippen molar-refractivity contribution >= 4 is 29.1 Å². The molecule has 1 aliphatic rings. The maximum Gasteiger partial charge on any atom is 0.295 e. The minimum atomic E-state index is -0.740. The summed E-state index contributed by atoms with van der Waals surface area (Å²) in [5, 5.41) is 11.3. The molecule has 0 aromatic heterocycles. The molecule has 1 N–H and O–H groups in total. The zero-order valence-corrected chi connectivity index (χ0v) is 15.6. The molecule has 1 saturated heterocycles. The average Bonchev–Trinajstić information content (AvgIpc) is 2.93. The van der Waals surface area contributed by atoms with Crippen molar-refractivity contribution < 1.29 is 19.4 Å². The van der Waals surface area contributed by atoms with Gasteiger partial charge in [0.2, 0.25) is 0 Å². The molecule has 0 spiro atoms. The number of methoxy groups -OCH3 is 1. The van der Waals surface area contributed by atoms with E-state index in [0.29, 0.717) is 35.7 Å². The number of amides is 1. The summed E-state index contributed by atoms with van der Waals surface area (Å²) in [7, 11) is 1.58. The van der Waals surface area contributed by atoms with E-state index in [1.54, 1.807) is 55.6 Å². The van der Waals surface area contributed by atoms with Crippen molar-refractivity contribution in [1.29, 1.82) is 0 Å². The zero-order valence-electron chi connectivity index (χ0n) is 14.9. The Morgan fingerprint density at radius 1 is 1.11 bits per heavy atom. The van der Waals surface area contributed by atoms with Gasteiger partial charge in [0.25, 0.3) is 11.7 Å². The van der Waals surface area contributed by atoms with Crippen molar-refractivity contribution in [2.75, 3.05) is 20.3 Å². The van der Waals surface area contributed by atoms with Crippen LogP contribution in [0.1, 0.15) is 23.6 Å². The minimum absolute atomic E-state index is 0.0525. The van der Waals surface area contributed by atoms with Gasteiger partial charge in [0.1, 0.15) is 5.76 Å². The van der Waals surface area contributed by atoms with E-state index in [2.05, 4.69) is 0 Å². The van der Waals surface area contributed by atoms with Gasteiger partial charge in [0, 0.05) is 30.8 Å². The van der Waals surface area contributed by atoms with Gasteiger partial charge in [-0.2, -0.15) is 0 Å². The Hall–Kier alpha value is -2.63. The summed E-state index contributed by atoms with van der Waals surface area (Å²) in [5.41, 5.74) is 1.13. The van der Waals surface area contributed by atoms with E-state index < -0.39 is 17.7 Å². The van der Waals surface area contributed by atoms with Gasteiger partial charge < -0.3 is 14.7 Å². The van der Waals surface area contributed by atoms with Gasteiger partial charge in [-0.15, -0.1) is 0 Å². The molecule has 0 unspecified atom stereocenters. The molecule has 1 heterocycles. The molecule has 0 radical (unpaired) electrons. The van der Waals surface area contributed by atoms with Crippen LogP contribution in [-0.4, -0.2) is 42.0 Å². The number of aliphatic hydroxyl groups excluding tert-OH is 1. The van der Waals surface area contributed by atoms with E-state index in [9.17, 15) is 14.7 Å². The van der Waals surface area contributed by atoms with Crippen molar-refractivity contribution in [3.63, 3.8) is 0 Å². The largest absolute Gasteiger partial charge is 0.507 e. The number of carbonyl (C=O) groups excluding carboxylic acids is 2. The van der Waals surface area contributed by atoms with Crippen LogP contribution in [0.25, 0.3) is 5.76 Å². The molecule has 1 fully saturated rings. The summed E-state index contributed by atoms with van der Waals surface area (Å²) >= 11 is 6.36. The molecule has 27 heavy (non-hydrogen) atoms. The summed E-state index contributed by atoms with van der Waals surface area (Å²) in [6.45, 7) is 0.775. The van der Waals surface area contributed by atoms with Crippen LogP contribution >= 0.6 is 11.6 Å². The highest BCUT2D eigenvalue weighted by Crippen LogP contribution is 2.41. The van der Waals surface area contributed by atoms with E-state index in [1.807, 2.05) is 6.07 Å². The van der Waals surface area contributed by atoms with Crippen LogP contribution in [0.2, 0.25) is 5.02 Å². The van der Waals surface area contributed by atoms with Gasteiger partial charge in [-0.1, -0.05) is 60.1 Å². The van der Waals surface area contributed by atoms with Crippen molar-refractivity contribution in [1.82, 2.24) is 4.90 Å². The molecular formula is C21H20ClNO4. The molecular weight excluding hydrogens is 366 g/mol. The Labute approximate surface area is 162 Å². The third kappa shape index (κ3) is 3.75. The second kappa shape index (κ2) is 8.37. The number of benzene rings is 2. The first-order chi connectivity index (χ1) is 13.1. The summed E-state index contributed by atoms with van der Waals surface area (Å²) in [6.07, 6.45) is 0.565. The second-order valence-corrected chi connectivity index (χ2v) is 6.63. The molecule has 0 saturated carbocycles. The first-order valence-electron chi connectivity index (χ1n) is 8.63. The quantitative estimate of drug-likeness (QED) is 0.355. The number of hydrogen-bond donors (Lipinski definition) is 1. The molecule has 5 nitrogen and oxygen atoms in total. The average molecular weight is 386 g/mol. The number of halogens is 1. The van der Waals surface area contributed by atoms with Crippen molar-refractivity contribution in [3.05, 3.63) is 76.3 Å². The Morgan fingerprint density at radius 3 is 2.44 bits per heavy atom. The first kappa shape index (κ1) is 19.1. The van der Waals surface area contributed by atoms with E-state index in [1.165, 1.54) is 4.90 Å². The highest BCUT2D eigenvalue weighted by Gasteiger charge is 2.46. The van der Waals surface area contributed by atoms with Crippen LogP contribution in [0, 0.1) is 0 Å². The van der Waals surface area contributed by atoms with E-state index >= 15 is 0 Å². The Kier molecular flexibility index (Phi) is 5.94. The molecule has 1 atom stereocenters. The number of nitrogens with zero attached hydrogens (tertiary/aromatic N) is 1. The van der Waals surface area contributed by atoms with Crippen LogP contribution in [0.15, 0.2) is 60.2 Å². The third-order valence-electron chi connectivity index (χ3n) is 4.53. The van der Waals surface area contributed by atoms with E-state index in [0.717, 1.165) is 0 Å². The predicted octanol–water partition coefficient (Wildman–Crippen LogP) is 3.80. The monoisotopic (exact) mass is 385 g/mol. The molecule has 2 aromatic rings. The fraction of sp³-hybridized carbons (Fsp3) is 0.238. The third-order valence-corrected chi connectivity index (χ3v) is 4.88. The first-order valence-corrected chi connectivity index (χ1v) is 9.01. The fourth-order valence-electron chi connectivity index (χ4n) is 3.26. The second-order valence-electron chi connectivity index (χ2n) is 6.23. The van der Waals surface area contributed by atoms with Gasteiger partial charge in [-0.25, -0.2) is 0 Å². The minimum Gasteiger partial charge on any atom is -0.507 e. The molecule has 3 rings (SSSR count). The zero-order chi connectivity index (χ0) is 19.4. The highest BCUT2D eigenvalue weighted by molar-refractivity contribution is 6.47. The Morgan fingerprint density at radius 2 is 1.78 bits per heavy atom. The number of Topliss-reactive ketones (excluding diaryl/α,β-unsaturated/α-hetero) is 1. The lowest BCUT2D eigenvalue weighted by atomic mass is 9.95. The molecule has 140 valence electrons. The normalized spacial score (nSPS) is 18.9. The van der Waals surface area contributed by atoms with Crippen molar-refractivity contribution in [2.24, 2.45) is 0 Å². The predicted molar refractivity (Wildman–Crippen MR) is 103 cm³/mol. The lowest BCUT2D eigenvalue weighted by Gasteiger charge is -2.26. The smallest absolute Gasteiger partial charge is 0.295 e. The number of aliphatic hydroxyl groups is 1. The number of ether oxygens (including phenoxy) is 1. The van der Waals surface area contributed by atoms with Crippen LogP contribution in [0.4, 0.5) is 0 Å². The number of ketones is 1. The van der Waals surface area contributed by atoms with Crippen molar-refractivity contribution in [2.45, 2.75) is 12.5 Å². The molecule has 0 bridgehead atoms. The van der Waals surface area contributed by atoms with Gasteiger partial charge >= 0.3 is 0 Å². The van der Waals surface area contributed by atoms with Gasteiger partial charge in [-0.05, 0) is 18.1 Å². The van der Waals surface area contributed by atoms with E-state index in [4.69, 9.17) is 16.3 Å². The maximum atomic E-state index is 12.8. The fourth-order valence-corrected chi connectivity index (χ4v) is 3.50. The molecule has 6 heteroatoms. The number of carbonyl (C=O) groups is 2. The molecule has 1 aliphatic heterocycles. The lowest BCUT2D eigenvalue weighted by Crippen LogP contribution is -2.31. The number of rotatable bonds is 6. The topological polar surface area (TPSA) is 66.8 Å². The van der Waals surface area contributed by atoms with Crippen LogP contribution < -0.4 is 0 Å². The van der Waals surface area contributed by atoms with Gasteiger partial charge in [-0.3, -0.25) is 9.59 Å². The number of likely N-dealkylation sites (tertiary alicyclic amines) is 1. The van der Waals surface area contributed by atoms with Gasteiger partial charge in [0.05, 0.1) is 11.6 Å². The van der Waals surface area contributed by atoms with Crippen LogP contribution in [0.5, 0.6) is 0 Å². The van der Waals surface area contributed by atoms with Crippen LogP contribution in [0.3, 0.4) is 0 Å². The summed E-state index contributed by atoms with van der Waals surface area (Å²) < 4.78 is 5.06. The SMILES string of the molecule is COCCCN1C(=O)C(=O)C(=C(O)c2ccccc2)[C@@H]1c1ccccc1Cl. The lowest BCUT2D eigenvalue weighted by molar-refractivity contribution is -0.140. The summed E-state index contributed by atoms with van der Waals surface area (Å²) in [5.74, 6) is -1.56. The standard InChI is InChI=1S/C21H20ClNO4/c1-27-13-7-12-23-18(15-10-5-6-11-16(15)22)17(20(25)21(23)26)19(24)14-8-3-2-4-9-14/h2-6,8-11,18,24H,7,12-13H2,1H3/t18-/m0/s1. The molecule has 2 aromatic carbocycles. The van der Waals surface area contributed by atoms with E-state index in [-0.39, 0.29) is 11.3 Å². The van der Waals surface area contributed by atoms with Gasteiger partial charge in [0.15, 0.2) is 0 Å².